The van der Waals surface area contributed by atoms with Crippen LogP contribution in [0, 0.1) is 0 Å². The van der Waals surface area contributed by atoms with Gasteiger partial charge in [-0.2, -0.15) is 0 Å². The van der Waals surface area contributed by atoms with E-state index in [-0.39, 0.29) is 5.38 Å². The molecule has 0 fully saturated rings. The predicted octanol–water partition coefficient (Wildman–Crippen LogP) is 4.28. The number of halogens is 1. The van der Waals surface area contributed by atoms with Gasteiger partial charge in [-0.25, -0.2) is 0 Å². The van der Waals surface area contributed by atoms with Gasteiger partial charge in [-0.1, -0.05) is 30.3 Å². The number of thiophene rings is 1. The Bertz CT molecular complexity index is 438. The summed E-state index contributed by atoms with van der Waals surface area (Å²) in [4.78, 5) is 1.15. The summed E-state index contributed by atoms with van der Waals surface area (Å²) in [6.45, 7) is 0. The molecule has 1 aromatic carbocycles. The van der Waals surface area contributed by atoms with E-state index in [9.17, 15) is 0 Å². The Morgan fingerprint density at radius 2 is 2.06 bits per heavy atom. The summed E-state index contributed by atoms with van der Waals surface area (Å²) in [7, 11) is 1.67. The molecule has 2 rings (SSSR count). The van der Waals surface area contributed by atoms with Gasteiger partial charge >= 0.3 is 0 Å². The average molecular weight is 253 g/mol. The molecule has 1 heterocycles. The molecule has 0 radical (unpaired) electrons. The molecular formula is C13H13ClOS. The molecule has 0 spiro atoms. The molecule has 3 heteroatoms. The number of methoxy groups -OCH3 is 1. The van der Waals surface area contributed by atoms with E-state index in [1.165, 1.54) is 5.56 Å². The molecule has 0 saturated heterocycles. The van der Waals surface area contributed by atoms with Crippen LogP contribution in [0.15, 0.2) is 41.8 Å². The highest BCUT2D eigenvalue weighted by molar-refractivity contribution is 7.10. The molecule has 0 N–H and O–H groups in total. The van der Waals surface area contributed by atoms with E-state index in [2.05, 4.69) is 12.1 Å². The Kier molecular flexibility index (Phi) is 3.86. The van der Waals surface area contributed by atoms with Crippen LogP contribution in [0.4, 0.5) is 0 Å². The Balaban J connectivity index is 2.05. The Morgan fingerprint density at radius 3 is 2.69 bits per heavy atom. The second-order valence-electron chi connectivity index (χ2n) is 3.55. The first-order valence-corrected chi connectivity index (χ1v) is 6.41. The van der Waals surface area contributed by atoms with Crippen molar-refractivity contribution in [2.45, 2.75) is 11.8 Å². The fourth-order valence-electron chi connectivity index (χ4n) is 1.53. The van der Waals surface area contributed by atoms with Crippen molar-refractivity contribution in [3.63, 3.8) is 0 Å². The number of benzene rings is 1. The van der Waals surface area contributed by atoms with Crippen LogP contribution in [0.5, 0.6) is 5.75 Å². The molecule has 1 aromatic heterocycles. The topological polar surface area (TPSA) is 9.23 Å². The second-order valence-corrected chi connectivity index (χ2v) is 5.02. The average Bonchev–Trinajstić information content (AvgIpc) is 2.79. The standard InChI is InChI=1S/C13H13ClOS/c1-15-11-8-13(16-9-11)12(14)7-10-5-3-2-4-6-10/h2-6,8-9,12H,7H2,1H3. The van der Waals surface area contributed by atoms with Crippen LogP contribution >= 0.6 is 22.9 Å². The lowest BCUT2D eigenvalue weighted by atomic mass is 10.1. The van der Waals surface area contributed by atoms with Gasteiger partial charge in [-0.15, -0.1) is 22.9 Å². The van der Waals surface area contributed by atoms with Gasteiger partial charge in [0, 0.05) is 10.3 Å². The third-order valence-corrected chi connectivity index (χ3v) is 3.94. The minimum Gasteiger partial charge on any atom is -0.496 e. The summed E-state index contributed by atoms with van der Waals surface area (Å²) >= 11 is 8.01. The predicted molar refractivity (Wildman–Crippen MR) is 69.6 cm³/mol. The molecule has 16 heavy (non-hydrogen) atoms. The number of hydrogen-bond donors (Lipinski definition) is 0. The Hall–Kier alpha value is -0.990. The van der Waals surface area contributed by atoms with Gasteiger partial charge in [0.2, 0.25) is 0 Å². The largest absolute Gasteiger partial charge is 0.496 e. The van der Waals surface area contributed by atoms with Crippen LogP contribution in [0.3, 0.4) is 0 Å². The summed E-state index contributed by atoms with van der Waals surface area (Å²) in [5, 5.41) is 2.01. The summed E-state index contributed by atoms with van der Waals surface area (Å²) < 4.78 is 5.15. The molecule has 0 aliphatic heterocycles. The Morgan fingerprint density at radius 1 is 1.31 bits per heavy atom. The van der Waals surface area contributed by atoms with Crippen molar-refractivity contribution in [1.29, 1.82) is 0 Å². The number of hydrogen-bond acceptors (Lipinski definition) is 2. The van der Waals surface area contributed by atoms with E-state index in [1.54, 1.807) is 18.4 Å². The van der Waals surface area contributed by atoms with Crippen LogP contribution in [0.1, 0.15) is 15.8 Å². The number of alkyl halides is 1. The van der Waals surface area contributed by atoms with Crippen LogP contribution in [0.2, 0.25) is 0 Å². The summed E-state index contributed by atoms with van der Waals surface area (Å²) in [6, 6.07) is 12.3. The maximum Gasteiger partial charge on any atom is 0.129 e. The highest BCUT2D eigenvalue weighted by atomic mass is 35.5. The van der Waals surface area contributed by atoms with Crippen LogP contribution in [0.25, 0.3) is 0 Å². The van der Waals surface area contributed by atoms with Gasteiger partial charge in [0.05, 0.1) is 12.5 Å². The van der Waals surface area contributed by atoms with Crippen molar-refractivity contribution >= 4 is 22.9 Å². The van der Waals surface area contributed by atoms with Crippen molar-refractivity contribution in [2.24, 2.45) is 0 Å². The maximum atomic E-state index is 6.37. The maximum absolute atomic E-state index is 6.37. The molecule has 84 valence electrons. The minimum atomic E-state index is 0.0244. The molecule has 0 saturated carbocycles. The van der Waals surface area contributed by atoms with Gasteiger partial charge in [0.25, 0.3) is 0 Å². The smallest absolute Gasteiger partial charge is 0.129 e. The molecule has 0 aliphatic rings. The minimum absolute atomic E-state index is 0.0244. The quantitative estimate of drug-likeness (QED) is 0.738. The lowest BCUT2D eigenvalue weighted by molar-refractivity contribution is 0.416. The zero-order chi connectivity index (χ0) is 11.4. The van der Waals surface area contributed by atoms with Crippen LogP contribution < -0.4 is 4.74 Å². The molecule has 0 bridgehead atoms. The van der Waals surface area contributed by atoms with Gasteiger partial charge in [-0.05, 0) is 18.1 Å². The van der Waals surface area contributed by atoms with E-state index in [1.807, 2.05) is 29.6 Å². The van der Waals surface area contributed by atoms with E-state index < -0.39 is 0 Å². The third-order valence-electron chi connectivity index (χ3n) is 2.40. The fraction of sp³-hybridized carbons (Fsp3) is 0.231. The first-order valence-electron chi connectivity index (χ1n) is 5.10. The fourth-order valence-corrected chi connectivity index (χ4v) is 2.75. The molecule has 0 amide bonds. The van der Waals surface area contributed by atoms with E-state index in [0.29, 0.717) is 0 Å². The summed E-state index contributed by atoms with van der Waals surface area (Å²) in [6.07, 6.45) is 0.853. The summed E-state index contributed by atoms with van der Waals surface area (Å²) in [5.74, 6) is 0.888. The van der Waals surface area contributed by atoms with Crippen molar-refractivity contribution in [1.82, 2.24) is 0 Å². The molecule has 1 nitrogen and oxygen atoms in total. The third kappa shape index (κ3) is 2.77. The molecule has 1 atom stereocenters. The van der Waals surface area contributed by atoms with Crippen LogP contribution in [-0.4, -0.2) is 7.11 Å². The van der Waals surface area contributed by atoms with Crippen LogP contribution in [-0.2, 0) is 6.42 Å². The highest BCUT2D eigenvalue weighted by Gasteiger charge is 2.11. The molecule has 1 unspecified atom stereocenters. The normalized spacial score (nSPS) is 12.4. The zero-order valence-corrected chi connectivity index (χ0v) is 10.6. The van der Waals surface area contributed by atoms with Gasteiger partial charge in [-0.3, -0.25) is 0 Å². The lowest BCUT2D eigenvalue weighted by Crippen LogP contribution is -1.92. The summed E-state index contributed by atoms with van der Waals surface area (Å²) in [5.41, 5.74) is 1.26. The number of rotatable bonds is 4. The first kappa shape index (κ1) is 11.5. The van der Waals surface area contributed by atoms with E-state index >= 15 is 0 Å². The monoisotopic (exact) mass is 252 g/mol. The first-order chi connectivity index (χ1) is 7.79. The zero-order valence-electron chi connectivity index (χ0n) is 9.02. The van der Waals surface area contributed by atoms with Gasteiger partial charge < -0.3 is 4.74 Å². The van der Waals surface area contributed by atoms with Crippen molar-refractivity contribution in [2.75, 3.05) is 7.11 Å². The van der Waals surface area contributed by atoms with Crippen molar-refractivity contribution < 1.29 is 4.74 Å². The van der Waals surface area contributed by atoms with E-state index in [0.717, 1.165) is 17.0 Å². The highest BCUT2D eigenvalue weighted by Crippen LogP contribution is 2.32. The second kappa shape index (κ2) is 5.37. The van der Waals surface area contributed by atoms with Gasteiger partial charge in [0.15, 0.2) is 0 Å². The SMILES string of the molecule is COc1csc(C(Cl)Cc2ccccc2)c1. The molecular weight excluding hydrogens is 240 g/mol. The van der Waals surface area contributed by atoms with Crippen molar-refractivity contribution in [3.8, 4) is 5.75 Å². The van der Waals surface area contributed by atoms with Gasteiger partial charge in [0.1, 0.15) is 5.75 Å². The van der Waals surface area contributed by atoms with E-state index in [4.69, 9.17) is 16.3 Å². The molecule has 2 aromatic rings. The Labute approximate surface area is 105 Å². The number of ether oxygens (including phenoxy) is 1. The lowest BCUT2D eigenvalue weighted by Gasteiger charge is -2.06. The van der Waals surface area contributed by atoms with Crippen molar-refractivity contribution in [3.05, 3.63) is 52.2 Å². The molecule has 0 aliphatic carbocycles.